The van der Waals surface area contributed by atoms with Crippen molar-refractivity contribution >= 4 is 5.69 Å². The maximum atomic E-state index is 13.6. The molecule has 0 spiro atoms. The molecule has 17 heavy (non-hydrogen) atoms. The van der Waals surface area contributed by atoms with E-state index in [4.69, 9.17) is 10.8 Å². The number of hydrogen-bond acceptors (Lipinski definition) is 3. The molecule has 0 aromatic heterocycles. The van der Waals surface area contributed by atoms with E-state index in [1.807, 2.05) is 0 Å². The van der Waals surface area contributed by atoms with Gasteiger partial charge in [0.1, 0.15) is 5.82 Å². The normalized spacial score (nSPS) is 11.1. The van der Waals surface area contributed by atoms with E-state index in [9.17, 15) is 4.39 Å². The van der Waals surface area contributed by atoms with Gasteiger partial charge in [0.15, 0.2) is 0 Å². The first-order valence-corrected chi connectivity index (χ1v) is 6.04. The van der Waals surface area contributed by atoms with Crippen LogP contribution in [0.3, 0.4) is 0 Å². The molecule has 1 rings (SSSR count). The van der Waals surface area contributed by atoms with Crippen LogP contribution in [0.4, 0.5) is 10.1 Å². The van der Waals surface area contributed by atoms with Crippen LogP contribution in [-0.4, -0.2) is 29.7 Å². The Morgan fingerprint density at radius 3 is 2.71 bits per heavy atom. The van der Waals surface area contributed by atoms with Gasteiger partial charge in [-0.1, -0.05) is 19.4 Å². The second kappa shape index (κ2) is 7.25. The van der Waals surface area contributed by atoms with Crippen LogP contribution in [0.2, 0.25) is 0 Å². The molecule has 0 saturated heterocycles. The molecule has 0 unspecified atom stereocenters. The molecular formula is C13H21FN2O. The van der Waals surface area contributed by atoms with Gasteiger partial charge in [-0.3, -0.25) is 4.90 Å². The van der Waals surface area contributed by atoms with Crippen molar-refractivity contribution in [3.05, 3.63) is 29.6 Å². The van der Waals surface area contributed by atoms with Crippen molar-refractivity contribution in [2.24, 2.45) is 0 Å². The molecule has 0 fully saturated rings. The SMILES string of the molecule is CCCCN(CCO)Cc1ccc(N)cc1F. The number of hydrogen-bond donors (Lipinski definition) is 2. The molecule has 1 aromatic rings. The molecule has 0 saturated carbocycles. The summed E-state index contributed by atoms with van der Waals surface area (Å²) >= 11 is 0. The highest BCUT2D eigenvalue weighted by Crippen LogP contribution is 2.14. The minimum Gasteiger partial charge on any atom is -0.399 e. The van der Waals surface area contributed by atoms with E-state index in [0.29, 0.717) is 24.3 Å². The molecule has 3 N–H and O–H groups in total. The van der Waals surface area contributed by atoms with Crippen LogP contribution in [0.25, 0.3) is 0 Å². The first-order chi connectivity index (χ1) is 8.17. The number of unbranched alkanes of at least 4 members (excludes halogenated alkanes) is 1. The van der Waals surface area contributed by atoms with Gasteiger partial charge in [-0.05, 0) is 25.1 Å². The maximum Gasteiger partial charge on any atom is 0.129 e. The van der Waals surface area contributed by atoms with E-state index in [-0.39, 0.29) is 12.4 Å². The Labute approximate surface area is 102 Å². The number of nitrogens with zero attached hydrogens (tertiary/aromatic N) is 1. The van der Waals surface area contributed by atoms with Crippen LogP contribution < -0.4 is 5.73 Å². The van der Waals surface area contributed by atoms with Crippen molar-refractivity contribution in [2.75, 3.05) is 25.4 Å². The van der Waals surface area contributed by atoms with Gasteiger partial charge in [0.25, 0.3) is 0 Å². The fourth-order valence-electron chi connectivity index (χ4n) is 1.73. The van der Waals surface area contributed by atoms with E-state index in [1.54, 1.807) is 12.1 Å². The lowest BCUT2D eigenvalue weighted by molar-refractivity contribution is 0.187. The molecule has 0 aliphatic heterocycles. The third-order valence-corrected chi connectivity index (χ3v) is 2.72. The van der Waals surface area contributed by atoms with Crippen LogP contribution in [0.5, 0.6) is 0 Å². The largest absolute Gasteiger partial charge is 0.399 e. The van der Waals surface area contributed by atoms with Crippen molar-refractivity contribution < 1.29 is 9.50 Å². The summed E-state index contributed by atoms with van der Waals surface area (Å²) in [4.78, 5) is 2.05. The summed E-state index contributed by atoms with van der Waals surface area (Å²) in [6.45, 7) is 4.18. The van der Waals surface area contributed by atoms with Crippen molar-refractivity contribution in [3.8, 4) is 0 Å². The third kappa shape index (κ3) is 4.71. The Morgan fingerprint density at radius 2 is 2.12 bits per heavy atom. The number of nitrogen functional groups attached to an aromatic ring is 1. The fourth-order valence-corrected chi connectivity index (χ4v) is 1.73. The van der Waals surface area contributed by atoms with Crippen molar-refractivity contribution in [3.63, 3.8) is 0 Å². The Bertz CT molecular complexity index is 344. The molecule has 0 radical (unpaired) electrons. The number of benzene rings is 1. The summed E-state index contributed by atoms with van der Waals surface area (Å²) in [7, 11) is 0. The molecule has 4 heteroatoms. The summed E-state index contributed by atoms with van der Waals surface area (Å²) < 4.78 is 13.6. The molecule has 0 aliphatic carbocycles. The van der Waals surface area contributed by atoms with E-state index >= 15 is 0 Å². The van der Waals surface area contributed by atoms with Crippen LogP contribution >= 0.6 is 0 Å². The average Bonchev–Trinajstić information content (AvgIpc) is 2.29. The minimum absolute atomic E-state index is 0.0975. The molecule has 0 bridgehead atoms. The molecular weight excluding hydrogens is 219 g/mol. The summed E-state index contributed by atoms with van der Waals surface area (Å²) in [5.41, 5.74) is 6.57. The summed E-state index contributed by atoms with van der Waals surface area (Å²) in [6, 6.07) is 4.75. The fraction of sp³-hybridized carbons (Fsp3) is 0.538. The predicted molar refractivity (Wildman–Crippen MR) is 68.1 cm³/mol. The van der Waals surface area contributed by atoms with Gasteiger partial charge in [0, 0.05) is 24.3 Å². The van der Waals surface area contributed by atoms with Gasteiger partial charge in [0.05, 0.1) is 6.61 Å². The first kappa shape index (κ1) is 13.9. The molecule has 0 heterocycles. The Kier molecular flexibility index (Phi) is 5.94. The Morgan fingerprint density at radius 1 is 1.35 bits per heavy atom. The molecule has 3 nitrogen and oxygen atoms in total. The van der Waals surface area contributed by atoms with Crippen LogP contribution in [0, 0.1) is 5.82 Å². The molecule has 0 atom stereocenters. The van der Waals surface area contributed by atoms with E-state index in [1.165, 1.54) is 6.07 Å². The second-order valence-corrected chi connectivity index (χ2v) is 4.20. The first-order valence-electron chi connectivity index (χ1n) is 6.04. The number of aliphatic hydroxyl groups is 1. The smallest absolute Gasteiger partial charge is 0.129 e. The summed E-state index contributed by atoms with van der Waals surface area (Å²) in [5, 5.41) is 8.97. The minimum atomic E-state index is -0.274. The van der Waals surface area contributed by atoms with Crippen molar-refractivity contribution in [2.45, 2.75) is 26.3 Å². The third-order valence-electron chi connectivity index (χ3n) is 2.72. The topological polar surface area (TPSA) is 49.5 Å². The van der Waals surface area contributed by atoms with Gasteiger partial charge in [-0.15, -0.1) is 0 Å². The lowest BCUT2D eigenvalue weighted by atomic mass is 10.1. The van der Waals surface area contributed by atoms with Crippen LogP contribution in [0.1, 0.15) is 25.3 Å². The van der Waals surface area contributed by atoms with Gasteiger partial charge < -0.3 is 10.8 Å². The monoisotopic (exact) mass is 240 g/mol. The number of aliphatic hydroxyl groups excluding tert-OH is 1. The van der Waals surface area contributed by atoms with Crippen molar-refractivity contribution in [1.29, 1.82) is 0 Å². The second-order valence-electron chi connectivity index (χ2n) is 4.20. The maximum absolute atomic E-state index is 13.6. The number of anilines is 1. The molecule has 1 aromatic carbocycles. The number of halogens is 1. The summed E-state index contributed by atoms with van der Waals surface area (Å²) in [5.74, 6) is -0.274. The quantitative estimate of drug-likeness (QED) is 0.717. The lowest BCUT2D eigenvalue weighted by Gasteiger charge is -2.21. The highest BCUT2D eigenvalue weighted by molar-refractivity contribution is 5.40. The van der Waals surface area contributed by atoms with E-state index < -0.39 is 0 Å². The van der Waals surface area contributed by atoms with Gasteiger partial charge in [-0.25, -0.2) is 4.39 Å². The highest BCUT2D eigenvalue weighted by atomic mass is 19.1. The zero-order valence-electron chi connectivity index (χ0n) is 10.3. The van der Waals surface area contributed by atoms with E-state index in [0.717, 1.165) is 19.4 Å². The lowest BCUT2D eigenvalue weighted by Crippen LogP contribution is -2.28. The molecule has 96 valence electrons. The van der Waals surface area contributed by atoms with Crippen LogP contribution in [-0.2, 0) is 6.54 Å². The van der Waals surface area contributed by atoms with Gasteiger partial charge >= 0.3 is 0 Å². The van der Waals surface area contributed by atoms with Crippen molar-refractivity contribution in [1.82, 2.24) is 4.90 Å². The molecule has 0 aliphatic rings. The standard InChI is InChI=1S/C13H21FN2O/c1-2-3-6-16(7-8-17)10-11-4-5-12(15)9-13(11)14/h4-5,9,17H,2-3,6-8,10,15H2,1H3. The highest BCUT2D eigenvalue weighted by Gasteiger charge is 2.08. The number of rotatable bonds is 7. The zero-order valence-corrected chi connectivity index (χ0v) is 10.3. The number of nitrogens with two attached hydrogens (primary N) is 1. The predicted octanol–water partition coefficient (Wildman–Crippen LogP) is 2.00. The zero-order chi connectivity index (χ0) is 12.7. The van der Waals surface area contributed by atoms with Gasteiger partial charge in [-0.2, -0.15) is 0 Å². The van der Waals surface area contributed by atoms with E-state index in [2.05, 4.69) is 11.8 Å². The summed E-state index contributed by atoms with van der Waals surface area (Å²) in [6.07, 6.45) is 2.14. The van der Waals surface area contributed by atoms with Gasteiger partial charge in [0.2, 0.25) is 0 Å². The molecule has 0 amide bonds. The average molecular weight is 240 g/mol. The Hall–Kier alpha value is -1.13. The van der Waals surface area contributed by atoms with Crippen LogP contribution in [0.15, 0.2) is 18.2 Å². The Balaban J connectivity index is 2.64.